The van der Waals surface area contributed by atoms with Crippen LogP contribution >= 0.6 is 0 Å². The van der Waals surface area contributed by atoms with Crippen molar-refractivity contribution in [1.82, 2.24) is 19.7 Å². The number of halogens is 2. The highest BCUT2D eigenvalue weighted by atomic mass is 19.1. The second kappa shape index (κ2) is 9.21. The molecule has 1 unspecified atom stereocenters. The Kier molecular flexibility index (Phi) is 5.96. The number of likely N-dealkylation sites (tertiary alicyclic amines) is 1. The number of rotatable bonds is 5. The van der Waals surface area contributed by atoms with Gasteiger partial charge in [-0.15, -0.1) is 0 Å². The normalized spacial score (nSPS) is 16.1. The molecule has 1 aliphatic heterocycles. The van der Waals surface area contributed by atoms with Crippen LogP contribution in [0.4, 0.5) is 8.78 Å². The van der Waals surface area contributed by atoms with Gasteiger partial charge in [0.05, 0.1) is 0 Å². The zero-order valence-electron chi connectivity index (χ0n) is 18.7. The number of carbonyl (C=O) groups excluding carboxylic acids is 1. The predicted octanol–water partition coefficient (Wildman–Crippen LogP) is 5.26. The van der Waals surface area contributed by atoms with Gasteiger partial charge in [0.2, 0.25) is 0 Å². The van der Waals surface area contributed by atoms with Crippen molar-refractivity contribution in [1.29, 1.82) is 0 Å². The Morgan fingerprint density at radius 1 is 1.03 bits per heavy atom. The molecule has 174 valence electrons. The molecule has 0 spiro atoms. The van der Waals surface area contributed by atoms with Gasteiger partial charge in [0.25, 0.3) is 5.91 Å². The molecular weight excluding hydrogens is 438 g/mol. The van der Waals surface area contributed by atoms with Crippen molar-refractivity contribution >= 4 is 5.91 Å². The zero-order valence-corrected chi connectivity index (χ0v) is 18.7. The van der Waals surface area contributed by atoms with Gasteiger partial charge in [0, 0.05) is 43.4 Å². The molecule has 1 atom stereocenters. The van der Waals surface area contributed by atoms with E-state index in [1.165, 1.54) is 24.3 Å². The average Bonchev–Trinajstić information content (AvgIpc) is 3.47. The number of benzene rings is 2. The number of aromatic nitrogens is 3. The Morgan fingerprint density at radius 2 is 1.71 bits per heavy atom. The average molecular weight is 463 g/mol. The van der Waals surface area contributed by atoms with E-state index in [0.29, 0.717) is 35.8 Å². The molecule has 1 amide bonds. The molecule has 0 saturated carbocycles. The number of nitrogens with zero attached hydrogens (tertiary/aromatic N) is 4. The van der Waals surface area contributed by atoms with Crippen LogP contribution in [-0.4, -0.2) is 38.2 Å². The van der Waals surface area contributed by atoms with Crippen molar-refractivity contribution in [2.24, 2.45) is 7.05 Å². The standard InChI is InChI=1S/C26H24F2N4O2/c1-31-15-22(17-5-9-19(27)10-6-17)25(30-31)26(33)32-13-3-2-4-21(32)14-24-29-23(16-34-24)18-7-11-20(28)12-8-18/h5-12,15-16,21H,2-4,13-14H2,1H3. The van der Waals surface area contributed by atoms with E-state index in [0.717, 1.165) is 30.4 Å². The van der Waals surface area contributed by atoms with Crippen molar-refractivity contribution < 1.29 is 18.0 Å². The van der Waals surface area contributed by atoms with Gasteiger partial charge in [-0.25, -0.2) is 13.8 Å². The van der Waals surface area contributed by atoms with Gasteiger partial charge in [-0.3, -0.25) is 9.48 Å². The highest BCUT2D eigenvalue weighted by molar-refractivity contribution is 5.99. The monoisotopic (exact) mass is 462 g/mol. The summed E-state index contributed by atoms with van der Waals surface area (Å²) in [7, 11) is 1.77. The molecule has 5 rings (SSSR count). The van der Waals surface area contributed by atoms with Gasteiger partial charge >= 0.3 is 0 Å². The quantitative estimate of drug-likeness (QED) is 0.406. The second-order valence-electron chi connectivity index (χ2n) is 8.56. The van der Waals surface area contributed by atoms with Gasteiger partial charge in [-0.1, -0.05) is 12.1 Å². The molecule has 1 saturated heterocycles. The molecule has 0 bridgehead atoms. The van der Waals surface area contributed by atoms with E-state index in [9.17, 15) is 13.6 Å². The fourth-order valence-corrected chi connectivity index (χ4v) is 4.46. The molecule has 0 aliphatic carbocycles. The number of piperidine rings is 1. The molecule has 34 heavy (non-hydrogen) atoms. The third kappa shape index (κ3) is 4.48. The van der Waals surface area contributed by atoms with Crippen LogP contribution < -0.4 is 0 Å². The Morgan fingerprint density at radius 3 is 2.41 bits per heavy atom. The van der Waals surface area contributed by atoms with Gasteiger partial charge in [-0.05, 0) is 61.2 Å². The number of carbonyl (C=O) groups is 1. The molecule has 0 radical (unpaired) electrons. The minimum atomic E-state index is -0.331. The molecule has 3 heterocycles. The van der Waals surface area contributed by atoms with E-state index in [2.05, 4.69) is 10.1 Å². The predicted molar refractivity (Wildman–Crippen MR) is 123 cm³/mol. The molecule has 2 aromatic heterocycles. The number of aryl methyl sites for hydroxylation is 1. The Balaban J connectivity index is 1.38. The summed E-state index contributed by atoms with van der Waals surface area (Å²) in [5.41, 5.74) is 3.16. The fraction of sp³-hybridized carbons (Fsp3) is 0.269. The maximum absolute atomic E-state index is 13.6. The van der Waals surface area contributed by atoms with E-state index in [1.807, 2.05) is 4.90 Å². The van der Waals surface area contributed by atoms with Crippen LogP contribution in [0.1, 0.15) is 35.6 Å². The Bertz CT molecular complexity index is 1300. The minimum Gasteiger partial charge on any atom is -0.448 e. The Labute approximate surface area is 195 Å². The molecule has 8 heteroatoms. The summed E-state index contributed by atoms with van der Waals surface area (Å²) in [6.07, 6.45) is 6.57. The summed E-state index contributed by atoms with van der Waals surface area (Å²) < 4.78 is 33.9. The van der Waals surface area contributed by atoms with Crippen LogP contribution in [-0.2, 0) is 13.5 Å². The van der Waals surface area contributed by atoms with Gasteiger partial charge in [-0.2, -0.15) is 5.10 Å². The number of amides is 1. The van der Waals surface area contributed by atoms with Crippen LogP contribution in [0.2, 0.25) is 0 Å². The molecule has 6 nitrogen and oxygen atoms in total. The highest BCUT2D eigenvalue weighted by Crippen LogP contribution is 2.28. The lowest BCUT2D eigenvalue weighted by atomic mass is 9.97. The lowest BCUT2D eigenvalue weighted by Gasteiger charge is -2.35. The third-order valence-corrected chi connectivity index (χ3v) is 6.18. The van der Waals surface area contributed by atoms with Crippen molar-refractivity contribution in [3.05, 3.63) is 84.2 Å². The molecule has 1 aliphatic rings. The topological polar surface area (TPSA) is 64.2 Å². The maximum Gasteiger partial charge on any atom is 0.275 e. The van der Waals surface area contributed by atoms with E-state index < -0.39 is 0 Å². The van der Waals surface area contributed by atoms with E-state index in [4.69, 9.17) is 4.42 Å². The van der Waals surface area contributed by atoms with E-state index in [-0.39, 0.29) is 23.6 Å². The molecule has 4 aromatic rings. The number of hydrogen-bond donors (Lipinski definition) is 0. The van der Waals surface area contributed by atoms with Gasteiger partial charge < -0.3 is 9.32 Å². The third-order valence-electron chi connectivity index (χ3n) is 6.18. The maximum atomic E-state index is 13.6. The fourth-order valence-electron chi connectivity index (χ4n) is 4.46. The first kappa shape index (κ1) is 22.0. The van der Waals surface area contributed by atoms with Crippen molar-refractivity contribution in [3.63, 3.8) is 0 Å². The van der Waals surface area contributed by atoms with Crippen molar-refractivity contribution in [2.75, 3.05) is 6.54 Å². The first-order valence-corrected chi connectivity index (χ1v) is 11.3. The molecular formula is C26H24F2N4O2. The largest absolute Gasteiger partial charge is 0.448 e. The first-order valence-electron chi connectivity index (χ1n) is 11.3. The summed E-state index contributed by atoms with van der Waals surface area (Å²) in [4.78, 5) is 20.0. The summed E-state index contributed by atoms with van der Waals surface area (Å²) in [5, 5.41) is 4.44. The smallest absolute Gasteiger partial charge is 0.275 e. The molecule has 2 aromatic carbocycles. The van der Waals surface area contributed by atoms with Gasteiger partial charge in [0.15, 0.2) is 11.6 Å². The van der Waals surface area contributed by atoms with Crippen molar-refractivity contribution in [3.8, 4) is 22.4 Å². The van der Waals surface area contributed by atoms with Crippen LogP contribution in [0.25, 0.3) is 22.4 Å². The SMILES string of the molecule is Cn1cc(-c2ccc(F)cc2)c(C(=O)N2CCCCC2Cc2nc(-c3ccc(F)cc3)co2)n1. The number of oxazole rings is 1. The van der Waals surface area contributed by atoms with E-state index in [1.54, 1.807) is 48.5 Å². The number of hydrogen-bond acceptors (Lipinski definition) is 4. The summed E-state index contributed by atoms with van der Waals surface area (Å²) in [6.45, 7) is 0.620. The van der Waals surface area contributed by atoms with E-state index >= 15 is 0 Å². The minimum absolute atomic E-state index is 0.0796. The summed E-state index contributed by atoms with van der Waals surface area (Å²) >= 11 is 0. The lowest BCUT2D eigenvalue weighted by Crippen LogP contribution is -2.45. The first-order chi connectivity index (χ1) is 16.5. The summed E-state index contributed by atoms with van der Waals surface area (Å²) in [5.74, 6) is -0.264. The highest BCUT2D eigenvalue weighted by Gasteiger charge is 2.32. The zero-order chi connectivity index (χ0) is 23.7. The van der Waals surface area contributed by atoms with Gasteiger partial charge in [0.1, 0.15) is 23.6 Å². The molecule has 1 fully saturated rings. The van der Waals surface area contributed by atoms with Crippen LogP contribution in [0.3, 0.4) is 0 Å². The molecule has 0 N–H and O–H groups in total. The van der Waals surface area contributed by atoms with Crippen LogP contribution in [0.5, 0.6) is 0 Å². The summed E-state index contributed by atoms with van der Waals surface area (Å²) in [6, 6.07) is 12.1. The van der Waals surface area contributed by atoms with Crippen LogP contribution in [0.15, 0.2) is 65.4 Å². The second-order valence-corrected chi connectivity index (χ2v) is 8.56. The Hall–Kier alpha value is -3.81. The lowest BCUT2D eigenvalue weighted by molar-refractivity contribution is 0.0599. The van der Waals surface area contributed by atoms with Crippen LogP contribution in [0, 0.1) is 11.6 Å². The van der Waals surface area contributed by atoms with Crippen molar-refractivity contribution in [2.45, 2.75) is 31.7 Å².